The Hall–Kier alpha value is -3.26. The van der Waals surface area contributed by atoms with Crippen molar-refractivity contribution in [1.29, 1.82) is 0 Å². The van der Waals surface area contributed by atoms with Crippen LogP contribution in [0.15, 0.2) is 53.4 Å². The molecule has 1 aliphatic rings. The third-order valence-electron chi connectivity index (χ3n) is 4.27. The summed E-state index contributed by atoms with van der Waals surface area (Å²) in [5.74, 6) is -0.145. The number of nitrogens with zero attached hydrogens (tertiary/aromatic N) is 1. The van der Waals surface area contributed by atoms with Crippen LogP contribution in [-0.4, -0.2) is 47.3 Å². The number of phenolic OH excluding ortho intramolecular Hbond substituents is 1. The van der Waals surface area contributed by atoms with Gasteiger partial charge in [-0.05, 0) is 48.0 Å². The molecule has 2 aromatic carbocycles. The molecule has 150 valence electrons. The number of hydrogen-bond acceptors (Lipinski definition) is 6. The Labute approximate surface area is 172 Å². The summed E-state index contributed by atoms with van der Waals surface area (Å²) in [6, 6.07) is 13.8. The number of thioether (sulfide) groups is 1. The third kappa shape index (κ3) is 5.17. The number of benzene rings is 2. The number of phenols is 1. The van der Waals surface area contributed by atoms with Crippen molar-refractivity contribution < 1.29 is 24.2 Å². The third-order valence-corrected chi connectivity index (χ3v) is 5.18. The minimum Gasteiger partial charge on any atom is -0.508 e. The second kappa shape index (κ2) is 9.29. The van der Waals surface area contributed by atoms with Gasteiger partial charge in [-0.3, -0.25) is 19.3 Å². The van der Waals surface area contributed by atoms with E-state index in [-0.39, 0.29) is 17.2 Å². The average molecular weight is 412 g/mol. The lowest BCUT2D eigenvalue weighted by Crippen LogP contribution is -2.40. The number of ether oxygens (including phenoxy) is 1. The van der Waals surface area contributed by atoms with Crippen molar-refractivity contribution in [3.05, 3.63) is 64.6 Å². The predicted octanol–water partition coefficient (Wildman–Crippen LogP) is 2.80. The number of amides is 3. The lowest BCUT2D eigenvalue weighted by atomic mass is 10.1. The molecular formula is C21H20N2O5S. The molecule has 0 radical (unpaired) electrons. The zero-order valence-electron chi connectivity index (χ0n) is 15.8. The Balaban J connectivity index is 1.57. The first kappa shape index (κ1) is 20.5. The van der Waals surface area contributed by atoms with Gasteiger partial charge >= 0.3 is 0 Å². The highest BCUT2D eigenvalue weighted by molar-refractivity contribution is 8.18. The van der Waals surface area contributed by atoms with Gasteiger partial charge in [0.15, 0.2) is 0 Å². The molecule has 0 atom stereocenters. The first-order valence-corrected chi connectivity index (χ1v) is 9.72. The molecule has 0 aliphatic carbocycles. The first-order chi connectivity index (χ1) is 14.0. The van der Waals surface area contributed by atoms with Crippen molar-refractivity contribution in [3.8, 4) is 11.5 Å². The Morgan fingerprint density at radius 3 is 2.62 bits per heavy atom. The molecule has 1 saturated heterocycles. The largest absolute Gasteiger partial charge is 0.508 e. The number of para-hydroxylation sites is 1. The van der Waals surface area contributed by atoms with Crippen LogP contribution in [0, 0.1) is 0 Å². The Bertz CT molecular complexity index is 956. The molecule has 0 aromatic heterocycles. The van der Waals surface area contributed by atoms with Crippen molar-refractivity contribution >= 4 is 34.9 Å². The Morgan fingerprint density at radius 2 is 1.90 bits per heavy atom. The van der Waals surface area contributed by atoms with E-state index >= 15 is 0 Å². The summed E-state index contributed by atoms with van der Waals surface area (Å²) in [4.78, 5) is 38.1. The highest BCUT2D eigenvalue weighted by atomic mass is 32.2. The summed E-state index contributed by atoms with van der Waals surface area (Å²) in [5, 5.41) is 11.5. The van der Waals surface area contributed by atoms with Crippen molar-refractivity contribution in [3.63, 3.8) is 0 Å². The van der Waals surface area contributed by atoms with Crippen LogP contribution in [0.5, 0.6) is 11.5 Å². The fraction of sp³-hybridized carbons (Fsp3) is 0.190. The summed E-state index contributed by atoms with van der Waals surface area (Å²) in [6.07, 6.45) is 2.16. The van der Waals surface area contributed by atoms with E-state index in [0.717, 1.165) is 22.2 Å². The summed E-state index contributed by atoms with van der Waals surface area (Å²) in [6.45, 7) is 0.0282. The van der Waals surface area contributed by atoms with Gasteiger partial charge < -0.3 is 15.2 Å². The Kier molecular flexibility index (Phi) is 6.56. The van der Waals surface area contributed by atoms with Crippen molar-refractivity contribution in [1.82, 2.24) is 10.2 Å². The van der Waals surface area contributed by atoms with Gasteiger partial charge in [0.25, 0.3) is 11.1 Å². The second-order valence-electron chi connectivity index (χ2n) is 6.28. The summed E-state index contributed by atoms with van der Waals surface area (Å²) in [7, 11) is 1.53. The number of methoxy groups -OCH3 is 1. The van der Waals surface area contributed by atoms with Crippen LogP contribution >= 0.6 is 11.8 Å². The van der Waals surface area contributed by atoms with Crippen molar-refractivity contribution in [2.24, 2.45) is 0 Å². The van der Waals surface area contributed by atoms with Gasteiger partial charge in [0.2, 0.25) is 5.91 Å². The number of hydrogen-bond donors (Lipinski definition) is 2. The number of rotatable bonds is 7. The zero-order valence-corrected chi connectivity index (χ0v) is 16.6. The van der Waals surface area contributed by atoms with E-state index in [2.05, 4.69) is 5.32 Å². The highest BCUT2D eigenvalue weighted by Crippen LogP contribution is 2.33. The standard InChI is InChI=1S/C21H20N2O5S/c1-28-17-5-3-2-4-15(17)12-18-20(26)23(21(27)29-18)13-19(25)22-11-10-14-6-8-16(24)9-7-14/h2-9,12,24H,10-11,13H2,1H3,(H,22,25)/b18-12-. The molecule has 1 aliphatic heterocycles. The van der Waals surface area contributed by atoms with Gasteiger partial charge in [0, 0.05) is 12.1 Å². The molecule has 7 nitrogen and oxygen atoms in total. The smallest absolute Gasteiger partial charge is 0.294 e. The van der Waals surface area contributed by atoms with Crippen molar-refractivity contribution in [2.45, 2.75) is 6.42 Å². The highest BCUT2D eigenvalue weighted by Gasteiger charge is 2.36. The molecular weight excluding hydrogens is 392 g/mol. The summed E-state index contributed by atoms with van der Waals surface area (Å²) in [5.41, 5.74) is 1.63. The minimum absolute atomic E-state index is 0.179. The maximum atomic E-state index is 12.6. The molecule has 2 N–H and O–H groups in total. The Morgan fingerprint density at radius 1 is 1.17 bits per heavy atom. The fourth-order valence-corrected chi connectivity index (χ4v) is 3.60. The fourth-order valence-electron chi connectivity index (χ4n) is 2.77. The molecule has 1 heterocycles. The van der Waals surface area contributed by atoms with Crippen LogP contribution in [0.25, 0.3) is 6.08 Å². The van der Waals surface area contributed by atoms with Gasteiger partial charge in [-0.25, -0.2) is 0 Å². The number of nitrogens with one attached hydrogen (secondary N) is 1. The van der Waals surface area contributed by atoms with Crippen LogP contribution in [0.3, 0.4) is 0 Å². The number of carbonyl (C=O) groups is 3. The number of carbonyl (C=O) groups excluding carboxylic acids is 3. The van der Waals surface area contributed by atoms with Crippen LogP contribution in [0.2, 0.25) is 0 Å². The van der Waals surface area contributed by atoms with E-state index in [1.807, 2.05) is 6.07 Å². The second-order valence-corrected chi connectivity index (χ2v) is 7.27. The molecule has 3 amide bonds. The van der Waals surface area contributed by atoms with E-state index < -0.39 is 17.1 Å². The molecule has 0 bridgehead atoms. The maximum absolute atomic E-state index is 12.6. The molecule has 8 heteroatoms. The lowest BCUT2D eigenvalue weighted by Gasteiger charge is -2.12. The van der Waals surface area contributed by atoms with E-state index in [1.165, 1.54) is 7.11 Å². The van der Waals surface area contributed by atoms with Gasteiger partial charge in [-0.15, -0.1) is 0 Å². The van der Waals surface area contributed by atoms with Crippen LogP contribution in [0.1, 0.15) is 11.1 Å². The molecule has 3 rings (SSSR count). The van der Waals surface area contributed by atoms with Crippen LogP contribution in [-0.2, 0) is 16.0 Å². The van der Waals surface area contributed by atoms with E-state index in [4.69, 9.17) is 4.74 Å². The van der Waals surface area contributed by atoms with E-state index in [1.54, 1.807) is 48.5 Å². The molecule has 29 heavy (non-hydrogen) atoms. The molecule has 0 unspecified atom stereocenters. The van der Waals surface area contributed by atoms with E-state index in [9.17, 15) is 19.5 Å². The topological polar surface area (TPSA) is 95.9 Å². The van der Waals surface area contributed by atoms with Gasteiger partial charge in [0.05, 0.1) is 12.0 Å². The molecule has 0 saturated carbocycles. The van der Waals surface area contributed by atoms with Gasteiger partial charge in [0.1, 0.15) is 18.0 Å². The molecule has 1 fully saturated rings. The first-order valence-electron chi connectivity index (χ1n) is 8.91. The lowest BCUT2D eigenvalue weighted by molar-refractivity contribution is -0.129. The summed E-state index contributed by atoms with van der Waals surface area (Å²) >= 11 is 0.799. The molecule has 0 spiro atoms. The van der Waals surface area contributed by atoms with E-state index in [0.29, 0.717) is 24.3 Å². The molecule has 2 aromatic rings. The summed E-state index contributed by atoms with van der Waals surface area (Å²) < 4.78 is 5.25. The average Bonchev–Trinajstić information content (AvgIpc) is 2.97. The monoisotopic (exact) mass is 412 g/mol. The minimum atomic E-state index is -0.500. The van der Waals surface area contributed by atoms with Crippen molar-refractivity contribution in [2.75, 3.05) is 20.2 Å². The van der Waals surface area contributed by atoms with Gasteiger partial charge in [-0.1, -0.05) is 30.3 Å². The normalized spacial score (nSPS) is 15.1. The van der Waals surface area contributed by atoms with Gasteiger partial charge in [-0.2, -0.15) is 0 Å². The maximum Gasteiger partial charge on any atom is 0.294 e. The zero-order chi connectivity index (χ0) is 20.8. The van der Waals surface area contributed by atoms with Crippen LogP contribution < -0.4 is 10.1 Å². The van der Waals surface area contributed by atoms with Crippen LogP contribution in [0.4, 0.5) is 4.79 Å². The number of aromatic hydroxyl groups is 1. The number of imide groups is 1. The SMILES string of the molecule is COc1ccccc1/C=C1\SC(=O)N(CC(=O)NCCc2ccc(O)cc2)C1=O. The quantitative estimate of drug-likeness (QED) is 0.679. The predicted molar refractivity (Wildman–Crippen MR) is 110 cm³/mol.